The molecule has 1 aliphatic heterocycles. The number of imide groups is 1. The highest BCUT2D eigenvalue weighted by atomic mass is 32.2. The summed E-state index contributed by atoms with van der Waals surface area (Å²) in [7, 11) is 0. The zero-order chi connectivity index (χ0) is 39.3. The van der Waals surface area contributed by atoms with Crippen LogP contribution in [0.15, 0.2) is 12.2 Å². The van der Waals surface area contributed by atoms with E-state index in [9.17, 15) is 33.6 Å². The third-order valence-corrected chi connectivity index (χ3v) is 8.52. The number of Topliss-reactive ketones (excluding diaryl/α,β-unsaturated/α-hetero) is 1. The van der Waals surface area contributed by atoms with Crippen molar-refractivity contribution < 1.29 is 52.5 Å². The Morgan fingerprint density at radius 1 is 0.642 bits per heavy atom. The Morgan fingerprint density at radius 3 is 1.75 bits per heavy atom. The fourth-order valence-electron chi connectivity index (χ4n) is 4.50. The van der Waals surface area contributed by atoms with Gasteiger partial charge in [-0.15, -0.1) is 11.8 Å². The van der Waals surface area contributed by atoms with Crippen LogP contribution in [0.1, 0.15) is 66.2 Å². The Kier molecular flexibility index (Phi) is 26.9. The van der Waals surface area contributed by atoms with Gasteiger partial charge in [-0.05, 0) is 59.3 Å². The van der Waals surface area contributed by atoms with Gasteiger partial charge in [-0.2, -0.15) is 0 Å². The summed E-state index contributed by atoms with van der Waals surface area (Å²) < 4.78 is 21.8. The predicted molar refractivity (Wildman–Crippen MR) is 199 cm³/mol. The quantitative estimate of drug-likeness (QED) is 0.0333. The molecule has 3 atom stereocenters. The lowest BCUT2D eigenvalue weighted by atomic mass is 10.2. The Labute approximate surface area is 317 Å². The van der Waals surface area contributed by atoms with Crippen molar-refractivity contribution in [1.82, 2.24) is 31.5 Å². The number of hydrogen-bond acceptors (Lipinski definition) is 13. The highest BCUT2D eigenvalue weighted by Crippen LogP contribution is 2.07. The summed E-state index contributed by atoms with van der Waals surface area (Å²) >= 11 is 1.56. The summed E-state index contributed by atoms with van der Waals surface area (Å²) in [4.78, 5) is 84.7. The van der Waals surface area contributed by atoms with Crippen LogP contribution >= 0.6 is 11.8 Å². The molecule has 0 saturated carbocycles. The largest absolute Gasteiger partial charge is 0.379 e. The Morgan fingerprint density at radius 2 is 1.17 bits per heavy atom. The van der Waals surface area contributed by atoms with Crippen LogP contribution in [-0.2, 0) is 52.5 Å². The van der Waals surface area contributed by atoms with E-state index in [0.29, 0.717) is 78.0 Å². The number of ketones is 1. The Bertz CT molecular complexity index is 1160. The van der Waals surface area contributed by atoms with E-state index in [1.54, 1.807) is 25.6 Å². The number of rotatable bonds is 33. The lowest BCUT2D eigenvalue weighted by Gasteiger charge is -2.20. The second kappa shape index (κ2) is 30.0. The minimum atomic E-state index is -0.929. The number of thioether (sulfide) groups is 1. The van der Waals surface area contributed by atoms with Gasteiger partial charge in [-0.3, -0.25) is 33.7 Å². The van der Waals surface area contributed by atoms with Gasteiger partial charge in [-0.25, -0.2) is 0 Å². The molecule has 1 rings (SSSR count). The van der Waals surface area contributed by atoms with Gasteiger partial charge in [0.2, 0.25) is 23.6 Å². The van der Waals surface area contributed by atoms with E-state index in [1.807, 2.05) is 0 Å². The number of hydrogen-bond donors (Lipinski definition) is 5. The average Bonchev–Trinajstić information content (AvgIpc) is 3.44. The fraction of sp³-hybridized carbons (Fsp3) is 0.743. The van der Waals surface area contributed by atoms with Crippen molar-refractivity contribution in [2.24, 2.45) is 0 Å². The van der Waals surface area contributed by atoms with E-state index in [0.717, 1.165) is 25.0 Å². The number of amides is 6. The molecular formula is C35H60N6O11S. The molecule has 1 aliphatic rings. The highest BCUT2D eigenvalue weighted by molar-refractivity contribution is 7.99. The van der Waals surface area contributed by atoms with Crippen LogP contribution in [0.2, 0.25) is 0 Å². The van der Waals surface area contributed by atoms with Gasteiger partial charge in [0, 0.05) is 38.1 Å². The highest BCUT2D eigenvalue weighted by Gasteiger charge is 2.24. The van der Waals surface area contributed by atoms with Crippen molar-refractivity contribution in [3.05, 3.63) is 12.2 Å². The molecule has 6 amide bonds. The van der Waals surface area contributed by atoms with Crippen LogP contribution in [0.5, 0.6) is 0 Å². The molecule has 0 aliphatic carbocycles. The molecule has 1 heterocycles. The molecule has 0 saturated heterocycles. The van der Waals surface area contributed by atoms with E-state index < -0.39 is 29.9 Å². The molecule has 0 radical (unpaired) electrons. The monoisotopic (exact) mass is 772 g/mol. The van der Waals surface area contributed by atoms with Crippen LogP contribution in [0, 0.1) is 0 Å². The molecule has 302 valence electrons. The molecule has 0 aromatic heterocycles. The average molecular weight is 773 g/mol. The molecular weight excluding hydrogens is 712 g/mol. The molecule has 0 spiro atoms. The maximum atomic E-state index is 12.5. The molecule has 17 nitrogen and oxygen atoms in total. The standard InChI is InChI=1S/C35H60N6O11S/c1-26(42)9-6-5-7-24-53-25-37-33(46)27(2)39-35(48)29(4)40-34(47)28(3)38-30(43)12-16-49-18-20-51-22-23-52-21-19-50-17-14-36-13-8-15-41-31(44)10-11-32(41)45/h10-11,27-29,36H,5-9,12-25H2,1-4H3,(H,37,46)(H,38,43)(H,39,48)(H,40,47). The van der Waals surface area contributed by atoms with Crippen molar-refractivity contribution in [2.75, 3.05) is 84.1 Å². The van der Waals surface area contributed by atoms with Crippen molar-refractivity contribution in [3.63, 3.8) is 0 Å². The van der Waals surface area contributed by atoms with Crippen molar-refractivity contribution in [2.45, 2.75) is 84.3 Å². The second-order valence-corrected chi connectivity index (χ2v) is 13.4. The lowest BCUT2D eigenvalue weighted by molar-refractivity contribution is -0.137. The molecule has 0 fully saturated rings. The Balaban J connectivity index is 1.96. The summed E-state index contributed by atoms with van der Waals surface area (Å²) in [5.41, 5.74) is 0. The number of nitrogens with zero attached hydrogens (tertiary/aromatic N) is 1. The first kappa shape index (κ1) is 47.6. The van der Waals surface area contributed by atoms with Gasteiger partial charge in [0.1, 0.15) is 23.9 Å². The van der Waals surface area contributed by atoms with Gasteiger partial charge in [0.05, 0.1) is 58.7 Å². The molecule has 18 heteroatoms. The molecule has 5 N–H and O–H groups in total. The molecule has 3 unspecified atom stereocenters. The first-order valence-corrected chi connectivity index (χ1v) is 19.4. The minimum Gasteiger partial charge on any atom is -0.379 e. The summed E-state index contributed by atoms with van der Waals surface area (Å²) in [6.07, 6.45) is 6.64. The summed E-state index contributed by atoms with van der Waals surface area (Å²) in [5, 5.41) is 13.6. The minimum absolute atomic E-state index is 0.0371. The van der Waals surface area contributed by atoms with Crippen molar-refractivity contribution in [3.8, 4) is 0 Å². The third-order valence-electron chi connectivity index (χ3n) is 7.59. The van der Waals surface area contributed by atoms with E-state index in [2.05, 4.69) is 26.6 Å². The van der Waals surface area contributed by atoms with Crippen molar-refractivity contribution in [1.29, 1.82) is 0 Å². The van der Waals surface area contributed by atoms with Crippen LogP contribution < -0.4 is 26.6 Å². The first-order valence-electron chi connectivity index (χ1n) is 18.2. The molecule has 0 aromatic rings. The lowest BCUT2D eigenvalue weighted by Crippen LogP contribution is -2.54. The van der Waals surface area contributed by atoms with Crippen LogP contribution in [0.4, 0.5) is 0 Å². The van der Waals surface area contributed by atoms with Gasteiger partial charge in [0.25, 0.3) is 11.8 Å². The third kappa shape index (κ3) is 24.5. The topological polar surface area (TPSA) is 220 Å². The van der Waals surface area contributed by atoms with Gasteiger partial charge in [-0.1, -0.05) is 6.42 Å². The van der Waals surface area contributed by atoms with Crippen LogP contribution in [0.3, 0.4) is 0 Å². The van der Waals surface area contributed by atoms with Crippen LogP contribution in [-0.4, -0.2) is 148 Å². The SMILES string of the molecule is CC(=O)CCCCCSCNC(=O)C(C)NC(=O)C(C)NC(=O)C(C)NC(=O)CCOCCOCCOCCOCCNCCCN1C(=O)C=CC1=O. The van der Waals surface area contributed by atoms with E-state index in [1.165, 1.54) is 30.9 Å². The van der Waals surface area contributed by atoms with E-state index in [-0.39, 0.29) is 49.0 Å². The summed E-state index contributed by atoms with van der Waals surface area (Å²) in [5.74, 6) is -0.893. The molecule has 0 bridgehead atoms. The number of unbranched alkanes of at least 4 members (excludes halogenated alkanes) is 2. The zero-order valence-corrected chi connectivity index (χ0v) is 32.5. The predicted octanol–water partition coefficient (Wildman–Crippen LogP) is -0.182. The maximum absolute atomic E-state index is 12.5. The number of carbonyl (C=O) groups excluding carboxylic acids is 7. The van der Waals surface area contributed by atoms with Gasteiger partial charge in [0.15, 0.2) is 0 Å². The number of carbonyl (C=O) groups is 7. The second-order valence-electron chi connectivity index (χ2n) is 12.3. The number of nitrogens with one attached hydrogen (secondary N) is 5. The van der Waals surface area contributed by atoms with Gasteiger partial charge < -0.3 is 50.3 Å². The van der Waals surface area contributed by atoms with E-state index >= 15 is 0 Å². The normalized spacial score (nSPS) is 14.2. The summed E-state index contributed by atoms with van der Waals surface area (Å²) in [6.45, 7) is 10.7. The number of ether oxygens (including phenoxy) is 4. The van der Waals surface area contributed by atoms with Crippen LogP contribution in [0.25, 0.3) is 0 Å². The van der Waals surface area contributed by atoms with Crippen molar-refractivity contribution >= 4 is 53.0 Å². The van der Waals surface area contributed by atoms with Gasteiger partial charge >= 0.3 is 0 Å². The molecule has 0 aromatic carbocycles. The smallest absolute Gasteiger partial charge is 0.253 e. The summed E-state index contributed by atoms with van der Waals surface area (Å²) in [6, 6.07) is -2.62. The maximum Gasteiger partial charge on any atom is 0.253 e. The van der Waals surface area contributed by atoms with E-state index in [4.69, 9.17) is 18.9 Å². The fourth-order valence-corrected chi connectivity index (χ4v) is 5.30. The molecule has 53 heavy (non-hydrogen) atoms. The Hall–Kier alpha value is -3.42. The zero-order valence-electron chi connectivity index (χ0n) is 31.7. The first-order chi connectivity index (χ1) is 25.4.